The lowest BCUT2D eigenvalue weighted by Gasteiger charge is -2.13. The quantitative estimate of drug-likeness (QED) is 0.734. The van der Waals surface area contributed by atoms with E-state index in [1.165, 1.54) is 42.5 Å². The number of hydrogen-bond donors (Lipinski definition) is 0. The average Bonchev–Trinajstić information content (AvgIpc) is 2.47. The molecular weight excluding hydrogens is 281 g/mol. The summed E-state index contributed by atoms with van der Waals surface area (Å²) in [6.07, 6.45) is -4.11. The zero-order valence-electron chi connectivity index (χ0n) is 11.3. The summed E-state index contributed by atoms with van der Waals surface area (Å²) in [6.45, 7) is 1.74. The molecule has 2 aromatic rings. The van der Waals surface area contributed by atoms with Gasteiger partial charge in [0.2, 0.25) is 0 Å². The fourth-order valence-electron chi connectivity index (χ4n) is 1.83. The number of carbonyl (C=O) groups is 1. The van der Waals surface area contributed by atoms with Crippen molar-refractivity contribution >= 4 is 5.78 Å². The number of alkyl halides is 3. The van der Waals surface area contributed by atoms with Crippen LogP contribution in [0.5, 0.6) is 11.5 Å². The van der Waals surface area contributed by atoms with Crippen molar-refractivity contribution in [1.29, 1.82) is 0 Å². The summed E-state index contributed by atoms with van der Waals surface area (Å²) < 4.78 is 43.8. The molecule has 0 spiro atoms. The smallest absolute Gasteiger partial charge is 0.419 e. The van der Waals surface area contributed by atoms with E-state index in [4.69, 9.17) is 4.74 Å². The van der Waals surface area contributed by atoms with Gasteiger partial charge in [-0.3, -0.25) is 4.79 Å². The van der Waals surface area contributed by atoms with Gasteiger partial charge < -0.3 is 4.74 Å². The van der Waals surface area contributed by atoms with Crippen molar-refractivity contribution < 1.29 is 22.7 Å². The van der Waals surface area contributed by atoms with Gasteiger partial charge in [-0.05, 0) is 36.4 Å². The Bertz CT molecular complexity index is 631. The first-order chi connectivity index (χ1) is 9.91. The zero-order valence-corrected chi connectivity index (χ0v) is 11.3. The van der Waals surface area contributed by atoms with Crippen LogP contribution in [0, 0.1) is 0 Å². The van der Waals surface area contributed by atoms with Crippen LogP contribution in [0.2, 0.25) is 0 Å². The number of ether oxygens (including phenoxy) is 1. The summed E-state index contributed by atoms with van der Waals surface area (Å²) in [6, 6.07) is 11.0. The molecule has 0 N–H and O–H groups in total. The van der Waals surface area contributed by atoms with Crippen LogP contribution in [-0.2, 0) is 6.18 Å². The lowest BCUT2D eigenvalue weighted by molar-refractivity contribution is -0.138. The molecule has 0 unspecified atom stereocenters. The molecule has 0 amide bonds. The second-order valence-electron chi connectivity index (χ2n) is 4.40. The summed E-state index contributed by atoms with van der Waals surface area (Å²) in [5, 5.41) is 0. The van der Waals surface area contributed by atoms with E-state index in [9.17, 15) is 18.0 Å². The van der Waals surface area contributed by atoms with Gasteiger partial charge >= 0.3 is 6.18 Å². The number of hydrogen-bond acceptors (Lipinski definition) is 2. The zero-order chi connectivity index (χ0) is 15.5. The predicted octanol–water partition coefficient (Wildman–Crippen LogP) is 5.09. The van der Waals surface area contributed by atoms with Gasteiger partial charge in [0.15, 0.2) is 5.78 Å². The van der Waals surface area contributed by atoms with Crippen LogP contribution in [0.3, 0.4) is 0 Å². The van der Waals surface area contributed by atoms with E-state index in [0.29, 0.717) is 12.0 Å². The summed E-state index contributed by atoms with van der Waals surface area (Å²) in [5.74, 6) is -0.0452. The number of Topliss-reactive ketones (excluding diaryl/α,β-unsaturated/α-hetero) is 1. The van der Waals surface area contributed by atoms with Crippen LogP contribution >= 0.6 is 0 Å². The Hall–Kier alpha value is -2.30. The van der Waals surface area contributed by atoms with Crippen molar-refractivity contribution in [1.82, 2.24) is 0 Å². The van der Waals surface area contributed by atoms with Gasteiger partial charge in [-0.15, -0.1) is 0 Å². The van der Waals surface area contributed by atoms with Crippen molar-refractivity contribution in [2.75, 3.05) is 0 Å². The first kappa shape index (κ1) is 15.1. The maximum atomic E-state index is 12.8. The minimum atomic E-state index is -4.48. The molecule has 2 rings (SSSR count). The SMILES string of the molecule is CCC(=O)c1ccc(Oc2ccccc2C(F)(F)F)cc1. The number of halogens is 3. The minimum absolute atomic E-state index is 0.0303. The lowest BCUT2D eigenvalue weighted by Crippen LogP contribution is -2.06. The molecule has 0 atom stereocenters. The highest BCUT2D eigenvalue weighted by Gasteiger charge is 2.34. The molecule has 0 aromatic heterocycles. The molecule has 0 bridgehead atoms. The fraction of sp³-hybridized carbons (Fsp3) is 0.188. The maximum Gasteiger partial charge on any atom is 0.419 e. The van der Waals surface area contributed by atoms with Crippen LogP contribution in [-0.4, -0.2) is 5.78 Å². The number of rotatable bonds is 4. The van der Waals surface area contributed by atoms with E-state index < -0.39 is 11.7 Å². The third-order valence-electron chi connectivity index (χ3n) is 2.92. The third kappa shape index (κ3) is 3.62. The van der Waals surface area contributed by atoms with Crippen LogP contribution < -0.4 is 4.74 Å². The molecule has 0 saturated carbocycles. The van der Waals surface area contributed by atoms with Crippen LogP contribution in [0.25, 0.3) is 0 Å². The van der Waals surface area contributed by atoms with E-state index >= 15 is 0 Å². The van der Waals surface area contributed by atoms with Crippen molar-refractivity contribution in [2.45, 2.75) is 19.5 Å². The topological polar surface area (TPSA) is 26.3 Å². The normalized spacial score (nSPS) is 11.2. The lowest BCUT2D eigenvalue weighted by atomic mass is 10.1. The predicted molar refractivity (Wildman–Crippen MR) is 72.6 cm³/mol. The van der Waals surface area contributed by atoms with E-state index in [1.807, 2.05) is 0 Å². The van der Waals surface area contributed by atoms with Crippen LogP contribution in [0.4, 0.5) is 13.2 Å². The van der Waals surface area contributed by atoms with Crippen molar-refractivity contribution in [3.05, 3.63) is 59.7 Å². The summed E-state index contributed by atoms with van der Waals surface area (Å²) >= 11 is 0. The summed E-state index contributed by atoms with van der Waals surface area (Å²) in [7, 11) is 0. The highest BCUT2D eigenvalue weighted by atomic mass is 19.4. The Morgan fingerprint density at radius 3 is 2.24 bits per heavy atom. The first-order valence-corrected chi connectivity index (χ1v) is 6.39. The third-order valence-corrected chi connectivity index (χ3v) is 2.92. The molecule has 0 radical (unpaired) electrons. The Balaban J connectivity index is 2.25. The van der Waals surface area contributed by atoms with Crippen molar-refractivity contribution in [2.24, 2.45) is 0 Å². The molecule has 0 aliphatic heterocycles. The molecule has 21 heavy (non-hydrogen) atoms. The van der Waals surface area contributed by atoms with Gasteiger partial charge in [0, 0.05) is 12.0 Å². The van der Waals surface area contributed by atoms with E-state index in [2.05, 4.69) is 0 Å². The minimum Gasteiger partial charge on any atom is -0.457 e. The number of para-hydroxylation sites is 1. The van der Waals surface area contributed by atoms with Crippen LogP contribution in [0.1, 0.15) is 29.3 Å². The molecule has 0 aliphatic rings. The van der Waals surface area contributed by atoms with E-state index in [0.717, 1.165) is 6.07 Å². The first-order valence-electron chi connectivity index (χ1n) is 6.39. The van der Waals surface area contributed by atoms with Crippen LogP contribution in [0.15, 0.2) is 48.5 Å². The van der Waals surface area contributed by atoms with Gasteiger partial charge in [0.25, 0.3) is 0 Å². The molecular formula is C16H13F3O2. The van der Waals surface area contributed by atoms with E-state index in [1.54, 1.807) is 6.92 Å². The van der Waals surface area contributed by atoms with Crippen molar-refractivity contribution in [3.8, 4) is 11.5 Å². The Labute approximate surface area is 120 Å². The van der Waals surface area contributed by atoms with Gasteiger partial charge in [0.1, 0.15) is 11.5 Å². The van der Waals surface area contributed by atoms with Crippen molar-refractivity contribution in [3.63, 3.8) is 0 Å². The summed E-state index contributed by atoms with van der Waals surface area (Å²) in [4.78, 5) is 11.5. The molecule has 0 saturated heterocycles. The number of ketones is 1. The number of carbonyl (C=O) groups excluding carboxylic acids is 1. The largest absolute Gasteiger partial charge is 0.457 e. The van der Waals surface area contributed by atoms with E-state index in [-0.39, 0.29) is 17.3 Å². The van der Waals surface area contributed by atoms with Gasteiger partial charge in [0.05, 0.1) is 5.56 Å². The fourth-order valence-corrected chi connectivity index (χ4v) is 1.83. The standard InChI is InChI=1S/C16H13F3O2/c1-2-14(20)11-7-9-12(10-8-11)21-15-6-4-3-5-13(15)16(17,18)19/h3-10H,2H2,1H3. The molecule has 110 valence electrons. The molecule has 0 fully saturated rings. The Morgan fingerprint density at radius 2 is 1.67 bits per heavy atom. The molecule has 0 aliphatic carbocycles. The molecule has 0 heterocycles. The summed E-state index contributed by atoms with van der Waals surface area (Å²) in [5.41, 5.74) is -0.326. The average molecular weight is 294 g/mol. The highest BCUT2D eigenvalue weighted by molar-refractivity contribution is 5.95. The van der Waals surface area contributed by atoms with Gasteiger partial charge in [-0.1, -0.05) is 19.1 Å². The molecule has 5 heteroatoms. The van der Waals surface area contributed by atoms with Gasteiger partial charge in [-0.2, -0.15) is 13.2 Å². The second kappa shape index (κ2) is 5.99. The number of benzene rings is 2. The Morgan fingerprint density at radius 1 is 1.05 bits per heavy atom. The highest BCUT2D eigenvalue weighted by Crippen LogP contribution is 2.37. The Kier molecular flexibility index (Phi) is 4.31. The maximum absolute atomic E-state index is 12.8. The molecule has 2 aromatic carbocycles. The monoisotopic (exact) mass is 294 g/mol. The second-order valence-corrected chi connectivity index (χ2v) is 4.40. The van der Waals surface area contributed by atoms with Gasteiger partial charge in [-0.25, -0.2) is 0 Å². The molecule has 2 nitrogen and oxygen atoms in total.